The topological polar surface area (TPSA) is 28.2 Å². The number of alkyl halides is 1. The summed E-state index contributed by atoms with van der Waals surface area (Å²) in [4.78, 5) is 7.31. The molecule has 0 saturated heterocycles. The third kappa shape index (κ3) is 5.28. The number of hydrogen-bond acceptors (Lipinski definition) is 3. The van der Waals surface area contributed by atoms with Crippen LogP contribution >= 0.6 is 36.4 Å². The Bertz CT molecular complexity index is 1100. The highest BCUT2D eigenvalue weighted by Gasteiger charge is 2.10. The van der Waals surface area contributed by atoms with Gasteiger partial charge in [-0.1, -0.05) is 49.4 Å². The van der Waals surface area contributed by atoms with Crippen LogP contribution in [0.1, 0.15) is 13.3 Å². The van der Waals surface area contributed by atoms with Crippen molar-refractivity contribution in [2.75, 3.05) is 37.4 Å². The first-order valence-electron chi connectivity index (χ1n) is 10.0. The zero-order valence-corrected chi connectivity index (χ0v) is 19.5. The third-order valence-electron chi connectivity index (χ3n) is 5.35. The maximum atomic E-state index is 5.90. The Labute approximate surface area is 195 Å². The largest absolute Gasteiger partial charge is 0.384 e. The summed E-state index contributed by atoms with van der Waals surface area (Å²) in [5.74, 6) is 0.688. The molecule has 0 atom stereocenters. The maximum Gasteiger partial charge on any atom is 0.0736 e. The van der Waals surface area contributed by atoms with E-state index in [9.17, 15) is 0 Å². The fourth-order valence-corrected chi connectivity index (χ4v) is 4.07. The molecule has 0 aliphatic carbocycles. The molecule has 3 nitrogen and oxygen atoms in total. The molecular formula is C24H28Cl3N3. The van der Waals surface area contributed by atoms with Gasteiger partial charge in [-0.3, -0.25) is 0 Å². The molecular weight excluding hydrogens is 437 g/mol. The lowest BCUT2D eigenvalue weighted by atomic mass is 10.0. The van der Waals surface area contributed by atoms with Crippen molar-refractivity contribution in [3.05, 3.63) is 60.7 Å². The molecule has 4 aromatic rings. The Morgan fingerprint density at radius 1 is 0.867 bits per heavy atom. The minimum atomic E-state index is 0. The van der Waals surface area contributed by atoms with Crippen molar-refractivity contribution in [1.29, 1.82) is 0 Å². The van der Waals surface area contributed by atoms with Gasteiger partial charge in [-0.2, -0.15) is 0 Å². The van der Waals surface area contributed by atoms with E-state index < -0.39 is 0 Å². The summed E-state index contributed by atoms with van der Waals surface area (Å²) in [6.07, 6.45) is 1.08. The number of para-hydroxylation sites is 1. The molecule has 0 aliphatic heterocycles. The van der Waals surface area contributed by atoms with Crippen molar-refractivity contribution >= 4 is 74.7 Å². The van der Waals surface area contributed by atoms with Crippen molar-refractivity contribution in [3.8, 4) is 0 Å². The van der Waals surface area contributed by atoms with Gasteiger partial charge in [0.1, 0.15) is 0 Å². The first kappa shape index (κ1) is 24.5. The van der Waals surface area contributed by atoms with Crippen LogP contribution < -0.4 is 5.32 Å². The smallest absolute Gasteiger partial charge is 0.0736 e. The predicted molar refractivity (Wildman–Crippen MR) is 137 cm³/mol. The molecule has 0 fully saturated rings. The molecule has 0 radical (unpaired) electrons. The summed E-state index contributed by atoms with van der Waals surface area (Å²) in [5.41, 5.74) is 3.26. The Kier molecular flexibility index (Phi) is 9.44. The minimum absolute atomic E-state index is 0. The number of nitrogens with zero attached hydrogens (tertiary/aromatic N) is 2. The monoisotopic (exact) mass is 463 g/mol. The second-order valence-electron chi connectivity index (χ2n) is 7.12. The average molecular weight is 465 g/mol. The van der Waals surface area contributed by atoms with Crippen molar-refractivity contribution in [2.24, 2.45) is 0 Å². The summed E-state index contributed by atoms with van der Waals surface area (Å²) in [6.45, 7) is 6.16. The minimum Gasteiger partial charge on any atom is -0.384 e. The molecule has 0 spiro atoms. The number of benzene rings is 3. The van der Waals surface area contributed by atoms with Crippen molar-refractivity contribution in [3.63, 3.8) is 0 Å². The molecule has 160 valence electrons. The second kappa shape index (κ2) is 11.6. The standard InChI is InChI=1S/C24H26ClN3.2ClH/c1-2-28(15-12-25)14-7-13-26-24-20-10-5-6-11-22(20)27-23-17-19-9-4-3-8-18(19)16-21(23)24;;/h3-6,8-11,16-17H,2,7,12-15H2,1H3,(H,26,27);2*1H. The summed E-state index contributed by atoms with van der Waals surface area (Å²) in [5, 5.41) is 8.55. The van der Waals surface area contributed by atoms with Gasteiger partial charge in [0.15, 0.2) is 0 Å². The summed E-state index contributed by atoms with van der Waals surface area (Å²) in [6, 6.07) is 21.3. The van der Waals surface area contributed by atoms with Crippen LogP contribution in [0.5, 0.6) is 0 Å². The molecule has 1 heterocycles. The highest BCUT2D eigenvalue weighted by atomic mass is 35.5. The number of aromatic nitrogens is 1. The maximum absolute atomic E-state index is 5.90. The van der Waals surface area contributed by atoms with Crippen molar-refractivity contribution in [2.45, 2.75) is 13.3 Å². The number of hydrogen-bond donors (Lipinski definition) is 1. The molecule has 0 aliphatic rings. The van der Waals surface area contributed by atoms with Gasteiger partial charge >= 0.3 is 0 Å². The van der Waals surface area contributed by atoms with E-state index in [4.69, 9.17) is 16.6 Å². The van der Waals surface area contributed by atoms with Crippen LogP contribution in [0.3, 0.4) is 0 Å². The average Bonchev–Trinajstić information content (AvgIpc) is 2.73. The number of halogens is 3. The van der Waals surface area contributed by atoms with Crippen molar-refractivity contribution < 1.29 is 0 Å². The van der Waals surface area contributed by atoms with E-state index in [-0.39, 0.29) is 24.8 Å². The van der Waals surface area contributed by atoms with Gasteiger partial charge in [-0.15, -0.1) is 36.4 Å². The lowest BCUT2D eigenvalue weighted by Gasteiger charge is -2.19. The summed E-state index contributed by atoms with van der Waals surface area (Å²) < 4.78 is 0. The Morgan fingerprint density at radius 2 is 1.57 bits per heavy atom. The Balaban J connectivity index is 0.00000160. The molecule has 0 amide bonds. The Hall–Kier alpha value is -1.78. The van der Waals surface area contributed by atoms with E-state index in [0.29, 0.717) is 5.88 Å². The van der Waals surface area contributed by atoms with Gasteiger partial charge in [-0.05, 0) is 48.5 Å². The lowest BCUT2D eigenvalue weighted by molar-refractivity contribution is 0.304. The molecule has 4 rings (SSSR count). The van der Waals surface area contributed by atoms with E-state index in [1.807, 2.05) is 0 Å². The predicted octanol–water partition coefficient (Wildman–Crippen LogP) is 6.75. The van der Waals surface area contributed by atoms with E-state index in [1.54, 1.807) is 0 Å². The molecule has 0 unspecified atom stereocenters. The molecule has 1 aromatic heterocycles. The fourth-order valence-electron chi connectivity index (χ4n) is 3.83. The van der Waals surface area contributed by atoms with Crippen LogP contribution in [0.15, 0.2) is 60.7 Å². The van der Waals surface area contributed by atoms with Crippen molar-refractivity contribution in [1.82, 2.24) is 9.88 Å². The number of rotatable bonds is 8. The fraction of sp³-hybridized carbons (Fsp3) is 0.292. The first-order valence-corrected chi connectivity index (χ1v) is 10.6. The van der Waals surface area contributed by atoms with Crippen LogP contribution in [0, 0.1) is 0 Å². The normalized spacial score (nSPS) is 10.9. The van der Waals surface area contributed by atoms with Crippen LogP contribution in [-0.4, -0.2) is 41.9 Å². The molecule has 3 aromatic carbocycles. The quantitative estimate of drug-likeness (QED) is 0.178. The highest BCUT2D eigenvalue weighted by Crippen LogP contribution is 2.33. The summed E-state index contributed by atoms with van der Waals surface area (Å²) >= 11 is 5.90. The molecule has 0 saturated carbocycles. The Morgan fingerprint density at radius 3 is 2.30 bits per heavy atom. The van der Waals surface area contributed by atoms with Gasteiger partial charge in [0.05, 0.1) is 16.7 Å². The highest BCUT2D eigenvalue weighted by molar-refractivity contribution is 6.18. The molecule has 1 N–H and O–H groups in total. The zero-order chi connectivity index (χ0) is 19.3. The van der Waals surface area contributed by atoms with E-state index in [1.165, 1.54) is 27.2 Å². The van der Waals surface area contributed by atoms with E-state index >= 15 is 0 Å². The number of pyridine rings is 1. The van der Waals surface area contributed by atoms with E-state index in [2.05, 4.69) is 77.8 Å². The van der Waals surface area contributed by atoms with Crippen LogP contribution in [0.25, 0.3) is 32.6 Å². The van der Waals surface area contributed by atoms with Crippen LogP contribution in [0.4, 0.5) is 5.69 Å². The number of fused-ring (bicyclic) bond motifs is 3. The molecule has 30 heavy (non-hydrogen) atoms. The van der Waals surface area contributed by atoms with Crippen LogP contribution in [-0.2, 0) is 0 Å². The molecule has 0 bridgehead atoms. The first-order chi connectivity index (χ1) is 13.8. The lowest BCUT2D eigenvalue weighted by Crippen LogP contribution is -2.27. The molecule has 6 heteroatoms. The van der Waals surface area contributed by atoms with Crippen LogP contribution in [0.2, 0.25) is 0 Å². The number of nitrogens with one attached hydrogen (secondary N) is 1. The SMILES string of the molecule is CCN(CCCl)CCCNc1c2ccccc2nc2cc3ccccc3cc12.Cl.Cl. The second-order valence-corrected chi connectivity index (χ2v) is 7.50. The van der Waals surface area contributed by atoms with Gasteiger partial charge < -0.3 is 10.2 Å². The van der Waals surface area contributed by atoms with Gasteiger partial charge in [-0.25, -0.2) is 4.98 Å². The van der Waals surface area contributed by atoms with E-state index in [0.717, 1.165) is 43.6 Å². The summed E-state index contributed by atoms with van der Waals surface area (Å²) in [7, 11) is 0. The van der Waals surface area contributed by atoms with Gasteiger partial charge in [0.2, 0.25) is 0 Å². The number of anilines is 1. The van der Waals surface area contributed by atoms with Gasteiger partial charge in [0, 0.05) is 29.7 Å². The zero-order valence-electron chi connectivity index (χ0n) is 17.1. The van der Waals surface area contributed by atoms with Gasteiger partial charge in [0.25, 0.3) is 0 Å². The third-order valence-corrected chi connectivity index (χ3v) is 5.52.